The first-order valence-electron chi connectivity index (χ1n) is 11.2. The molecule has 4 rings (SSSR count). The summed E-state index contributed by atoms with van der Waals surface area (Å²) in [6.07, 6.45) is 3.55. The van der Waals surface area contributed by atoms with E-state index in [0.717, 1.165) is 16.1 Å². The number of carbonyl (C=O) groups is 1. The summed E-state index contributed by atoms with van der Waals surface area (Å²) in [4.78, 5) is 24.2. The van der Waals surface area contributed by atoms with Crippen LogP contribution in [-0.4, -0.2) is 44.8 Å². The lowest BCUT2D eigenvalue weighted by Crippen LogP contribution is -2.31. The molecule has 1 atom stereocenters. The first kappa shape index (κ1) is 25.4. The first-order valence-corrected chi connectivity index (χ1v) is 13.5. The van der Waals surface area contributed by atoms with Crippen molar-refractivity contribution in [3.8, 4) is 10.6 Å². The molecule has 1 aromatic carbocycles. The van der Waals surface area contributed by atoms with Crippen molar-refractivity contribution in [3.63, 3.8) is 0 Å². The molecule has 0 saturated carbocycles. The summed E-state index contributed by atoms with van der Waals surface area (Å²) in [5.41, 5.74) is 2.22. The highest BCUT2D eigenvalue weighted by molar-refractivity contribution is 7.89. The van der Waals surface area contributed by atoms with E-state index >= 15 is 0 Å². The monoisotopic (exact) mass is 523 g/mol. The molecular weight excluding hydrogens is 498 g/mol. The lowest BCUT2D eigenvalue weighted by atomic mass is 10.1. The predicted octanol–water partition coefficient (Wildman–Crippen LogP) is 4.27. The lowest BCUT2D eigenvalue weighted by molar-refractivity contribution is -0.137. The Hall–Kier alpha value is -3.67. The summed E-state index contributed by atoms with van der Waals surface area (Å²) in [5.74, 6) is -0.616. The van der Waals surface area contributed by atoms with E-state index in [1.807, 2.05) is 29.6 Å². The Morgan fingerprint density at radius 2 is 1.83 bits per heavy atom. The van der Waals surface area contributed by atoms with Gasteiger partial charge in [-0.15, -0.1) is 11.3 Å². The van der Waals surface area contributed by atoms with Gasteiger partial charge in [0.15, 0.2) is 5.03 Å². The van der Waals surface area contributed by atoms with Crippen molar-refractivity contribution >= 4 is 33.1 Å². The average Bonchev–Trinajstić information content (AvgIpc) is 3.43. The molecule has 4 aromatic rings. The van der Waals surface area contributed by atoms with Gasteiger partial charge >= 0.3 is 5.97 Å². The normalized spacial score (nSPS) is 12.4. The van der Waals surface area contributed by atoms with Crippen LogP contribution in [0.5, 0.6) is 0 Å². The second-order valence-electron chi connectivity index (χ2n) is 7.93. The molecule has 0 aliphatic rings. The Kier molecular flexibility index (Phi) is 8.04. The van der Waals surface area contributed by atoms with Gasteiger partial charge in [-0.25, -0.2) is 28.2 Å². The van der Waals surface area contributed by atoms with Crippen LogP contribution in [0.3, 0.4) is 0 Å². The highest BCUT2D eigenvalue weighted by Gasteiger charge is 2.27. The topological polar surface area (TPSA) is 125 Å². The Bertz CT molecular complexity index is 1400. The van der Waals surface area contributed by atoms with Crippen molar-refractivity contribution in [3.05, 3.63) is 89.7 Å². The van der Waals surface area contributed by atoms with Gasteiger partial charge < -0.3 is 10.4 Å². The molecule has 0 fully saturated rings. The van der Waals surface area contributed by atoms with Crippen LogP contribution in [0.2, 0.25) is 0 Å². The third-order valence-electron chi connectivity index (χ3n) is 5.41. The fourth-order valence-corrected chi connectivity index (χ4v) is 5.50. The first-order chi connectivity index (χ1) is 17.4. The maximum absolute atomic E-state index is 13.5. The number of sulfonamides is 1. The molecule has 36 heavy (non-hydrogen) atoms. The van der Waals surface area contributed by atoms with Crippen molar-refractivity contribution in [2.75, 3.05) is 5.32 Å². The highest BCUT2D eigenvalue weighted by Crippen LogP contribution is 2.24. The molecule has 0 spiro atoms. The summed E-state index contributed by atoms with van der Waals surface area (Å²) in [6.45, 7) is 1.84. The summed E-state index contributed by atoms with van der Waals surface area (Å²) in [6, 6.07) is 16.6. The van der Waals surface area contributed by atoms with E-state index in [4.69, 9.17) is 0 Å². The molecule has 0 aliphatic carbocycles. The number of nitrogens with one attached hydrogen (secondary N) is 1. The van der Waals surface area contributed by atoms with Crippen LogP contribution >= 0.6 is 11.3 Å². The van der Waals surface area contributed by atoms with Crippen LogP contribution in [0.1, 0.15) is 24.6 Å². The minimum absolute atomic E-state index is 0.0213. The number of anilines is 1. The number of rotatable bonds is 11. The summed E-state index contributed by atoms with van der Waals surface area (Å²) < 4.78 is 28.4. The van der Waals surface area contributed by atoms with Crippen molar-refractivity contribution < 1.29 is 18.3 Å². The maximum Gasteiger partial charge on any atom is 0.326 e. The number of hydrogen-bond acceptors (Lipinski definition) is 8. The van der Waals surface area contributed by atoms with E-state index in [1.54, 1.807) is 43.5 Å². The van der Waals surface area contributed by atoms with Crippen LogP contribution in [0.25, 0.3) is 10.6 Å². The number of thiazole rings is 1. The third-order valence-corrected chi connectivity index (χ3v) is 7.94. The lowest BCUT2D eigenvalue weighted by Gasteiger charge is -2.22. The second kappa shape index (κ2) is 11.4. The van der Waals surface area contributed by atoms with Crippen LogP contribution in [0.4, 0.5) is 5.82 Å². The smallest absolute Gasteiger partial charge is 0.326 e. The van der Waals surface area contributed by atoms with E-state index in [-0.39, 0.29) is 18.1 Å². The number of aromatic nitrogens is 3. The molecule has 11 heteroatoms. The molecule has 0 saturated heterocycles. The number of pyridine rings is 2. The van der Waals surface area contributed by atoms with Gasteiger partial charge in [0, 0.05) is 29.9 Å². The Morgan fingerprint density at radius 3 is 2.47 bits per heavy atom. The molecule has 186 valence electrons. The zero-order chi connectivity index (χ0) is 25.5. The Labute approximate surface area is 213 Å². The summed E-state index contributed by atoms with van der Waals surface area (Å²) in [5, 5.41) is 15.0. The third kappa shape index (κ3) is 6.11. The van der Waals surface area contributed by atoms with E-state index in [2.05, 4.69) is 20.3 Å². The van der Waals surface area contributed by atoms with Gasteiger partial charge in [-0.3, -0.25) is 0 Å². The fourth-order valence-electron chi connectivity index (χ4n) is 3.53. The van der Waals surface area contributed by atoms with Gasteiger partial charge in [0.25, 0.3) is 10.0 Å². The SMILES string of the molecule is CCC(Nc1cccc(CN(Cc2ccc(-c3nccs3)cc2)S(=O)(=O)c2ccccn2)n1)C(=O)O. The number of hydrogen-bond donors (Lipinski definition) is 2. The highest BCUT2D eigenvalue weighted by atomic mass is 32.2. The van der Waals surface area contributed by atoms with E-state index < -0.39 is 22.0 Å². The van der Waals surface area contributed by atoms with Gasteiger partial charge in [-0.2, -0.15) is 4.31 Å². The predicted molar refractivity (Wildman–Crippen MR) is 138 cm³/mol. The maximum atomic E-state index is 13.5. The molecule has 1 unspecified atom stereocenters. The van der Waals surface area contributed by atoms with Crippen molar-refractivity contribution in [2.45, 2.75) is 37.5 Å². The van der Waals surface area contributed by atoms with Crippen LogP contribution in [0, 0.1) is 0 Å². The second-order valence-corrected chi connectivity index (χ2v) is 10.7. The van der Waals surface area contributed by atoms with Crippen molar-refractivity contribution in [2.24, 2.45) is 0 Å². The molecule has 3 heterocycles. The van der Waals surface area contributed by atoms with Crippen molar-refractivity contribution in [1.82, 2.24) is 19.3 Å². The number of carboxylic acids is 1. The number of nitrogens with zero attached hydrogens (tertiary/aromatic N) is 4. The molecule has 0 radical (unpaired) electrons. The van der Waals surface area contributed by atoms with Gasteiger partial charge in [0.2, 0.25) is 0 Å². The standard InChI is InChI=1S/C25H25N5O4S2/c1-2-21(25(31)32)29-22-7-5-6-20(28-22)17-30(36(33,34)23-8-3-4-13-26-23)16-18-9-11-19(12-10-18)24-27-14-15-35-24/h3-15,21H,2,16-17H2,1H3,(H,28,29)(H,31,32). The summed E-state index contributed by atoms with van der Waals surface area (Å²) in [7, 11) is -3.95. The molecule has 9 nitrogen and oxygen atoms in total. The molecule has 2 N–H and O–H groups in total. The number of aliphatic carboxylic acids is 1. The van der Waals surface area contributed by atoms with Crippen LogP contribution in [-0.2, 0) is 27.9 Å². The van der Waals surface area contributed by atoms with E-state index in [9.17, 15) is 18.3 Å². The van der Waals surface area contributed by atoms with Gasteiger partial charge in [0.05, 0.1) is 12.2 Å². The van der Waals surface area contributed by atoms with Crippen LogP contribution < -0.4 is 5.32 Å². The number of benzene rings is 1. The van der Waals surface area contributed by atoms with E-state index in [1.165, 1.54) is 27.9 Å². The Morgan fingerprint density at radius 1 is 1.03 bits per heavy atom. The quantitative estimate of drug-likeness (QED) is 0.299. The largest absolute Gasteiger partial charge is 0.480 e. The van der Waals surface area contributed by atoms with Crippen molar-refractivity contribution in [1.29, 1.82) is 0 Å². The molecule has 3 aromatic heterocycles. The zero-order valence-corrected chi connectivity index (χ0v) is 21.1. The molecular formula is C25H25N5O4S2. The molecule has 0 aliphatic heterocycles. The van der Waals surface area contributed by atoms with Gasteiger partial charge in [-0.05, 0) is 36.2 Å². The fraction of sp³-hybridized carbons (Fsp3) is 0.200. The molecule has 0 bridgehead atoms. The zero-order valence-electron chi connectivity index (χ0n) is 19.5. The van der Waals surface area contributed by atoms with Gasteiger partial charge in [0.1, 0.15) is 16.9 Å². The minimum Gasteiger partial charge on any atom is -0.480 e. The average molecular weight is 524 g/mol. The Balaban J connectivity index is 1.62. The van der Waals surface area contributed by atoms with Gasteiger partial charge in [-0.1, -0.05) is 43.3 Å². The summed E-state index contributed by atoms with van der Waals surface area (Å²) >= 11 is 1.53. The number of carboxylic acid groups (broad SMARTS) is 1. The van der Waals surface area contributed by atoms with E-state index in [0.29, 0.717) is 17.9 Å². The minimum atomic E-state index is -3.95. The molecule has 0 amide bonds. The van der Waals surface area contributed by atoms with Crippen LogP contribution in [0.15, 0.2) is 83.5 Å².